The summed E-state index contributed by atoms with van der Waals surface area (Å²) < 4.78 is 0. The predicted octanol–water partition coefficient (Wildman–Crippen LogP) is 1.25. The summed E-state index contributed by atoms with van der Waals surface area (Å²) >= 11 is 0. The van der Waals surface area contributed by atoms with E-state index in [0.29, 0.717) is 0 Å². The Hall–Kier alpha value is -1.85. The number of aliphatic hydroxyl groups excluding tert-OH is 2. The molecule has 0 saturated carbocycles. The van der Waals surface area contributed by atoms with E-state index in [0.717, 1.165) is 29.7 Å². The second-order valence-electron chi connectivity index (χ2n) is 8.08. The Kier molecular flexibility index (Phi) is 3.00. The summed E-state index contributed by atoms with van der Waals surface area (Å²) in [5.74, 6) is 0.434. The lowest BCUT2D eigenvalue weighted by Gasteiger charge is -2.51. The molecule has 2 saturated heterocycles. The van der Waals surface area contributed by atoms with Crippen molar-refractivity contribution in [3.05, 3.63) is 41.6 Å². The number of para-hydroxylation sites is 1. The zero-order valence-electron chi connectivity index (χ0n) is 14.6. The van der Waals surface area contributed by atoms with E-state index in [1.165, 1.54) is 0 Å². The molecule has 5 nitrogen and oxygen atoms in total. The monoisotopic (exact) mass is 340 g/mol. The standard InChI is InChI=1S/C20H24N2O3/c1-11(24)13-9-22-17-8-20(18(22)7-12(13)14(17)10-23)15-5-3-4-6-16(15)21(2)19(20)25/h3-6,9,11-12,14,17-18,23-24H,7-8,10H2,1-2H3/t11-,12+,14+,17-,18-,20-/m0/s1. The molecule has 6 rings (SSSR count). The molecule has 0 radical (unpaired) electrons. The minimum atomic E-state index is -0.515. The fourth-order valence-corrected chi connectivity index (χ4v) is 6.13. The molecule has 2 N–H and O–H groups in total. The van der Waals surface area contributed by atoms with Crippen LogP contribution >= 0.6 is 0 Å². The summed E-state index contributed by atoms with van der Waals surface area (Å²) in [6, 6.07) is 8.41. The molecular formula is C20H24N2O3. The van der Waals surface area contributed by atoms with Gasteiger partial charge in [-0.3, -0.25) is 4.79 Å². The Morgan fingerprint density at radius 1 is 1.36 bits per heavy atom. The molecule has 0 aromatic heterocycles. The normalized spacial score (nSPS) is 39.2. The first kappa shape index (κ1) is 15.4. The fraction of sp³-hybridized carbons (Fsp3) is 0.550. The van der Waals surface area contributed by atoms with Crippen molar-refractivity contribution in [3.8, 4) is 0 Å². The van der Waals surface area contributed by atoms with Gasteiger partial charge in [0.15, 0.2) is 0 Å². The number of amides is 1. The van der Waals surface area contributed by atoms with Crippen LogP contribution < -0.4 is 4.90 Å². The van der Waals surface area contributed by atoms with Gasteiger partial charge in [0, 0.05) is 43.5 Å². The van der Waals surface area contributed by atoms with Gasteiger partial charge in [0.2, 0.25) is 5.91 Å². The van der Waals surface area contributed by atoms with Gasteiger partial charge in [-0.2, -0.15) is 0 Å². The smallest absolute Gasteiger partial charge is 0.239 e. The zero-order chi connectivity index (χ0) is 17.5. The highest BCUT2D eigenvalue weighted by molar-refractivity contribution is 6.08. The van der Waals surface area contributed by atoms with Crippen LogP contribution in [0.3, 0.4) is 0 Å². The SMILES string of the molecule is C[C@H](O)C1=CN2[C@H]3C[C@H]1[C@@H](CO)[C@@H]2C[C@@]31C(=O)N(C)c2ccccc21. The van der Waals surface area contributed by atoms with Crippen molar-refractivity contribution in [2.45, 2.75) is 43.4 Å². The number of aliphatic hydroxyl groups is 2. The number of rotatable bonds is 2. The van der Waals surface area contributed by atoms with Crippen molar-refractivity contribution >= 4 is 11.6 Å². The fourth-order valence-electron chi connectivity index (χ4n) is 6.13. The lowest BCUT2D eigenvalue weighted by atomic mass is 9.69. The van der Waals surface area contributed by atoms with Crippen LogP contribution in [0.25, 0.3) is 0 Å². The third-order valence-corrected chi connectivity index (χ3v) is 7.18. The van der Waals surface area contributed by atoms with E-state index in [1.54, 1.807) is 11.8 Å². The summed E-state index contributed by atoms with van der Waals surface area (Å²) in [4.78, 5) is 17.5. The van der Waals surface area contributed by atoms with Crippen molar-refractivity contribution in [1.82, 2.24) is 4.90 Å². The van der Waals surface area contributed by atoms with Gasteiger partial charge in [0.1, 0.15) is 0 Å². The van der Waals surface area contributed by atoms with E-state index < -0.39 is 11.5 Å². The van der Waals surface area contributed by atoms with Crippen molar-refractivity contribution in [2.24, 2.45) is 11.8 Å². The average molecular weight is 340 g/mol. The van der Waals surface area contributed by atoms with Crippen LogP contribution in [0.1, 0.15) is 25.3 Å². The molecule has 1 aromatic carbocycles. The lowest BCUT2D eigenvalue weighted by Crippen LogP contribution is -2.56. The molecule has 1 spiro atoms. The second-order valence-corrected chi connectivity index (χ2v) is 8.08. The quantitative estimate of drug-likeness (QED) is 0.851. The molecule has 5 aliphatic heterocycles. The summed E-state index contributed by atoms with van der Waals surface area (Å²) in [6.07, 6.45) is 3.16. The molecule has 2 fully saturated rings. The minimum Gasteiger partial charge on any atom is -0.396 e. The summed E-state index contributed by atoms with van der Waals surface area (Å²) in [5.41, 5.74) is 2.64. The molecule has 5 heterocycles. The van der Waals surface area contributed by atoms with Crippen molar-refractivity contribution < 1.29 is 15.0 Å². The number of hydrogen-bond acceptors (Lipinski definition) is 4. The number of hydrogen-bond donors (Lipinski definition) is 2. The van der Waals surface area contributed by atoms with Crippen LogP contribution in [-0.4, -0.2) is 52.9 Å². The second kappa shape index (κ2) is 4.86. The predicted molar refractivity (Wildman–Crippen MR) is 94.0 cm³/mol. The molecule has 1 aromatic rings. The Balaban J connectivity index is 1.68. The highest BCUT2D eigenvalue weighted by Gasteiger charge is 2.67. The maximum atomic E-state index is 13.4. The number of piperidine rings is 1. The Bertz CT molecular complexity index is 789. The van der Waals surface area contributed by atoms with E-state index in [4.69, 9.17) is 0 Å². The number of carbonyl (C=O) groups excluding carboxylic acids is 1. The van der Waals surface area contributed by atoms with Gasteiger partial charge in [-0.15, -0.1) is 0 Å². The summed E-state index contributed by atoms with van der Waals surface area (Å²) in [6.45, 7) is 1.90. The van der Waals surface area contributed by atoms with Gasteiger partial charge < -0.3 is 20.0 Å². The van der Waals surface area contributed by atoms with Gasteiger partial charge in [0.25, 0.3) is 0 Å². The van der Waals surface area contributed by atoms with Gasteiger partial charge in [0.05, 0.1) is 11.5 Å². The highest BCUT2D eigenvalue weighted by atomic mass is 16.3. The van der Waals surface area contributed by atoms with E-state index in [9.17, 15) is 15.0 Å². The first-order chi connectivity index (χ1) is 12.0. The number of likely N-dealkylation sites (N-methyl/N-ethyl adjacent to an activating group) is 1. The summed E-state index contributed by atoms with van der Waals surface area (Å²) in [5, 5.41) is 20.2. The first-order valence-electron chi connectivity index (χ1n) is 9.16. The minimum absolute atomic E-state index is 0.0936. The molecular weight excluding hydrogens is 316 g/mol. The van der Waals surface area contributed by atoms with Crippen LogP contribution in [0.5, 0.6) is 0 Å². The molecule has 1 amide bonds. The van der Waals surface area contributed by atoms with Gasteiger partial charge >= 0.3 is 0 Å². The van der Waals surface area contributed by atoms with Crippen LogP contribution in [0.4, 0.5) is 5.69 Å². The maximum Gasteiger partial charge on any atom is 0.239 e. The molecule has 25 heavy (non-hydrogen) atoms. The van der Waals surface area contributed by atoms with Crippen LogP contribution in [0.15, 0.2) is 36.0 Å². The number of anilines is 1. The van der Waals surface area contributed by atoms with Gasteiger partial charge in [-0.1, -0.05) is 18.2 Å². The van der Waals surface area contributed by atoms with Crippen molar-refractivity contribution in [2.75, 3.05) is 18.6 Å². The van der Waals surface area contributed by atoms with E-state index in [-0.39, 0.29) is 36.4 Å². The molecule has 4 bridgehead atoms. The maximum absolute atomic E-state index is 13.4. The molecule has 6 atom stereocenters. The third-order valence-electron chi connectivity index (χ3n) is 7.18. The van der Waals surface area contributed by atoms with E-state index >= 15 is 0 Å². The van der Waals surface area contributed by atoms with E-state index in [2.05, 4.69) is 17.2 Å². The molecule has 5 heteroatoms. The molecule has 0 aliphatic carbocycles. The first-order valence-corrected chi connectivity index (χ1v) is 9.16. The Morgan fingerprint density at radius 2 is 2.12 bits per heavy atom. The number of nitrogens with zero attached hydrogens (tertiary/aromatic N) is 2. The number of benzene rings is 1. The van der Waals surface area contributed by atoms with Crippen LogP contribution in [-0.2, 0) is 10.2 Å². The largest absolute Gasteiger partial charge is 0.396 e. The summed E-state index contributed by atoms with van der Waals surface area (Å²) in [7, 11) is 1.87. The Morgan fingerprint density at radius 3 is 2.84 bits per heavy atom. The molecule has 132 valence electrons. The topological polar surface area (TPSA) is 64.0 Å². The molecule has 5 aliphatic rings. The van der Waals surface area contributed by atoms with Crippen LogP contribution in [0, 0.1) is 11.8 Å². The lowest BCUT2D eigenvalue weighted by molar-refractivity contribution is -0.124. The van der Waals surface area contributed by atoms with Crippen molar-refractivity contribution in [3.63, 3.8) is 0 Å². The zero-order valence-corrected chi connectivity index (χ0v) is 14.6. The van der Waals surface area contributed by atoms with E-state index in [1.807, 2.05) is 25.2 Å². The molecule has 0 unspecified atom stereocenters. The van der Waals surface area contributed by atoms with Crippen molar-refractivity contribution in [1.29, 1.82) is 0 Å². The third kappa shape index (κ3) is 1.64. The van der Waals surface area contributed by atoms with Gasteiger partial charge in [-0.05, 0) is 42.9 Å². The highest BCUT2D eigenvalue weighted by Crippen LogP contribution is 2.61. The van der Waals surface area contributed by atoms with Gasteiger partial charge in [-0.25, -0.2) is 0 Å². The average Bonchev–Trinajstić information content (AvgIpc) is 3.01. The Labute approximate surface area is 147 Å². The number of fused-ring (bicyclic) bond motifs is 2. The number of carbonyl (C=O) groups is 1. The van der Waals surface area contributed by atoms with Crippen LogP contribution in [0.2, 0.25) is 0 Å².